The zero-order valence-electron chi connectivity index (χ0n) is 15.8. The third kappa shape index (κ3) is 3.54. The zero-order valence-corrected chi connectivity index (χ0v) is 16.6. The van der Waals surface area contributed by atoms with Gasteiger partial charge in [0.15, 0.2) is 0 Å². The molecule has 2 aromatic heterocycles. The molecule has 4 rings (SSSR count). The van der Waals surface area contributed by atoms with Gasteiger partial charge < -0.3 is 10.1 Å². The number of rotatable bonds is 4. The van der Waals surface area contributed by atoms with Crippen molar-refractivity contribution in [2.45, 2.75) is 33.1 Å². The lowest BCUT2D eigenvalue weighted by Crippen LogP contribution is -2.09. The van der Waals surface area contributed by atoms with Crippen LogP contribution in [0.3, 0.4) is 0 Å². The smallest absolute Gasteiger partial charge is 0.367 e. The Balaban J connectivity index is 1.61. The van der Waals surface area contributed by atoms with Gasteiger partial charge in [-0.2, -0.15) is 0 Å². The number of ether oxygens (including phenoxy) is 1. The Morgan fingerprint density at radius 2 is 2.30 bits per heavy atom. The normalized spacial score (nSPS) is 20.0. The molecular weight excluding hydrogens is 358 g/mol. The van der Waals surface area contributed by atoms with E-state index in [0.29, 0.717) is 11.6 Å². The van der Waals surface area contributed by atoms with E-state index in [4.69, 9.17) is 4.74 Å². The van der Waals surface area contributed by atoms with Crippen molar-refractivity contribution in [3.8, 4) is 0 Å². The average Bonchev–Trinajstić information content (AvgIpc) is 3.28. The fraction of sp³-hybridized carbons (Fsp3) is 0.381. The molecular formula is C21H23N3O2S. The third-order valence-electron chi connectivity index (χ3n) is 4.99. The van der Waals surface area contributed by atoms with Gasteiger partial charge in [-0.05, 0) is 30.4 Å². The second-order valence-electron chi connectivity index (χ2n) is 7.58. The first-order valence-corrected chi connectivity index (χ1v) is 10.1. The van der Waals surface area contributed by atoms with E-state index in [2.05, 4.69) is 53.4 Å². The van der Waals surface area contributed by atoms with Crippen LogP contribution in [0.2, 0.25) is 0 Å². The number of carbonyl (C=O) groups is 1. The van der Waals surface area contributed by atoms with Crippen molar-refractivity contribution < 1.29 is 9.53 Å². The fourth-order valence-electron chi connectivity index (χ4n) is 3.40. The summed E-state index contributed by atoms with van der Waals surface area (Å²) in [5.74, 6) is 0.638. The first-order valence-electron chi connectivity index (χ1n) is 9.23. The van der Waals surface area contributed by atoms with Crippen LogP contribution in [-0.4, -0.2) is 29.1 Å². The number of thiazole rings is 1. The zero-order chi connectivity index (χ0) is 19.0. The summed E-state index contributed by atoms with van der Waals surface area (Å²) in [6, 6.07) is 2.20. The standard InChI is InChI=1S/C21H23N3O2S/c1-4-26-20(25)19-24-17(12-27-19)16-11-23-18-15(16)9-14(10-22-18)13-5-7-21(2,3)8-6-13/h5-7,9-10,12,16H,4,8,11H2,1-3H3,(H,22,23). The number of aromatic nitrogens is 2. The van der Waals surface area contributed by atoms with Crippen LogP contribution in [0.4, 0.5) is 5.82 Å². The molecule has 0 saturated heterocycles. The van der Waals surface area contributed by atoms with Gasteiger partial charge in [0.2, 0.25) is 5.01 Å². The highest BCUT2D eigenvalue weighted by Gasteiger charge is 2.29. The van der Waals surface area contributed by atoms with Crippen molar-refractivity contribution in [2.75, 3.05) is 18.5 Å². The van der Waals surface area contributed by atoms with Crippen LogP contribution in [0.1, 0.15) is 59.7 Å². The molecule has 1 unspecified atom stereocenters. The Hall–Kier alpha value is -2.47. The van der Waals surface area contributed by atoms with Gasteiger partial charge in [-0.1, -0.05) is 32.1 Å². The minimum absolute atomic E-state index is 0.0940. The van der Waals surface area contributed by atoms with Crippen LogP contribution in [0, 0.1) is 5.41 Å². The minimum Gasteiger partial charge on any atom is -0.461 e. The van der Waals surface area contributed by atoms with Crippen molar-refractivity contribution >= 4 is 28.7 Å². The molecule has 0 aromatic carbocycles. The van der Waals surface area contributed by atoms with Gasteiger partial charge in [0.1, 0.15) is 5.82 Å². The van der Waals surface area contributed by atoms with Crippen LogP contribution in [-0.2, 0) is 4.74 Å². The van der Waals surface area contributed by atoms with E-state index in [-0.39, 0.29) is 17.3 Å². The van der Waals surface area contributed by atoms with E-state index in [1.165, 1.54) is 16.9 Å². The lowest BCUT2D eigenvalue weighted by atomic mass is 9.82. The molecule has 6 heteroatoms. The van der Waals surface area contributed by atoms with Crippen molar-refractivity contribution in [3.63, 3.8) is 0 Å². The first-order chi connectivity index (χ1) is 13.0. The number of esters is 1. The van der Waals surface area contributed by atoms with E-state index in [1.807, 2.05) is 11.6 Å². The van der Waals surface area contributed by atoms with Crippen LogP contribution in [0.15, 0.2) is 35.9 Å². The highest BCUT2D eigenvalue weighted by Crippen LogP contribution is 2.38. The minimum atomic E-state index is -0.355. The summed E-state index contributed by atoms with van der Waals surface area (Å²) in [5.41, 5.74) is 4.56. The average molecular weight is 382 g/mol. The van der Waals surface area contributed by atoms with Gasteiger partial charge in [-0.3, -0.25) is 0 Å². The number of pyridine rings is 1. The fourth-order valence-corrected chi connectivity index (χ4v) is 4.16. The molecule has 1 aliphatic heterocycles. The van der Waals surface area contributed by atoms with E-state index in [1.54, 1.807) is 6.92 Å². The molecule has 1 aliphatic carbocycles. The van der Waals surface area contributed by atoms with Gasteiger partial charge in [-0.25, -0.2) is 14.8 Å². The van der Waals surface area contributed by atoms with Crippen molar-refractivity contribution in [2.24, 2.45) is 5.41 Å². The van der Waals surface area contributed by atoms with Gasteiger partial charge >= 0.3 is 5.97 Å². The Labute approximate surface area is 163 Å². The molecule has 2 aliphatic rings. The van der Waals surface area contributed by atoms with Crippen molar-refractivity contribution in [1.29, 1.82) is 0 Å². The predicted octanol–water partition coefficient (Wildman–Crippen LogP) is 4.64. The Morgan fingerprint density at radius 3 is 3.04 bits per heavy atom. The van der Waals surface area contributed by atoms with E-state index in [9.17, 15) is 4.79 Å². The Morgan fingerprint density at radius 1 is 1.44 bits per heavy atom. The monoisotopic (exact) mass is 381 g/mol. The lowest BCUT2D eigenvalue weighted by molar-refractivity contribution is 0.0525. The maximum absolute atomic E-state index is 11.9. The maximum Gasteiger partial charge on any atom is 0.367 e. The number of carbonyl (C=O) groups excluding carboxylic acids is 1. The van der Waals surface area contributed by atoms with E-state index in [0.717, 1.165) is 35.6 Å². The summed E-state index contributed by atoms with van der Waals surface area (Å²) in [7, 11) is 0. The molecule has 3 heterocycles. The number of nitrogens with zero attached hydrogens (tertiary/aromatic N) is 2. The molecule has 0 fully saturated rings. The van der Waals surface area contributed by atoms with Gasteiger partial charge in [-0.15, -0.1) is 11.3 Å². The molecule has 1 N–H and O–H groups in total. The molecule has 0 saturated carbocycles. The summed E-state index contributed by atoms with van der Waals surface area (Å²) < 4.78 is 5.05. The summed E-state index contributed by atoms with van der Waals surface area (Å²) >= 11 is 1.33. The van der Waals surface area contributed by atoms with Crippen molar-refractivity contribution in [1.82, 2.24) is 9.97 Å². The van der Waals surface area contributed by atoms with Crippen LogP contribution >= 0.6 is 11.3 Å². The van der Waals surface area contributed by atoms with E-state index >= 15 is 0 Å². The molecule has 0 spiro atoms. The summed E-state index contributed by atoms with van der Waals surface area (Å²) in [6.07, 6.45) is 9.67. The van der Waals surface area contributed by atoms with E-state index < -0.39 is 0 Å². The molecule has 5 nitrogen and oxygen atoms in total. The predicted molar refractivity (Wildman–Crippen MR) is 108 cm³/mol. The quantitative estimate of drug-likeness (QED) is 0.782. The number of nitrogens with one attached hydrogen (secondary N) is 1. The molecule has 140 valence electrons. The summed E-state index contributed by atoms with van der Waals surface area (Å²) in [6.45, 7) is 7.36. The number of allylic oxidation sites excluding steroid dienone is 4. The molecule has 2 aromatic rings. The number of fused-ring (bicyclic) bond motifs is 1. The highest BCUT2D eigenvalue weighted by atomic mass is 32.1. The molecule has 0 amide bonds. The highest BCUT2D eigenvalue weighted by molar-refractivity contribution is 7.11. The SMILES string of the molecule is CCOC(=O)c1nc(C2CNc3ncc(C4=CCC(C)(C)C=C4)cc32)cs1. The van der Waals surface area contributed by atoms with Gasteiger partial charge in [0, 0.05) is 35.2 Å². The lowest BCUT2D eigenvalue weighted by Gasteiger charge is -2.22. The summed E-state index contributed by atoms with van der Waals surface area (Å²) in [5, 5.41) is 5.71. The van der Waals surface area contributed by atoms with Crippen LogP contribution in [0.5, 0.6) is 0 Å². The largest absolute Gasteiger partial charge is 0.461 e. The molecule has 0 radical (unpaired) electrons. The number of hydrogen-bond acceptors (Lipinski definition) is 6. The number of anilines is 1. The molecule has 1 atom stereocenters. The van der Waals surface area contributed by atoms with Gasteiger partial charge in [0.05, 0.1) is 12.3 Å². The Bertz CT molecular complexity index is 943. The second kappa shape index (κ2) is 6.93. The second-order valence-corrected chi connectivity index (χ2v) is 8.44. The topological polar surface area (TPSA) is 64.1 Å². The maximum atomic E-state index is 11.9. The Kier molecular flexibility index (Phi) is 4.60. The number of hydrogen-bond donors (Lipinski definition) is 1. The van der Waals surface area contributed by atoms with Gasteiger partial charge in [0.25, 0.3) is 0 Å². The third-order valence-corrected chi connectivity index (χ3v) is 5.83. The molecule has 0 bridgehead atoms. The van der Waals surface area contributed by atoms with Crippen LogP contribution < -0.4 is 5.32 Å². The van der Waals surface area contributed by atoms with Crippen molar-refractivity contribution in [3.05, 3.63) is 57.7 Å². The molecule has 27 heavy (non-hydrogen) atoms. The van der Waals surface area contributed by atoms with Crippen LogP contribution in [0.25, 0.3) is 5.57 Å². The first kappa shape index (κ1) is 17.9. The summed E-state index contributed by atoms with van der Waals surface area (Å²) in [4.78, 5) is 21.0.